The Kier molecular flexibility index (Phi) is 5.67. The molecule has 1 saturated heterocycles. The maximum atomic E-state index is 12.3. The molecule has 130 valence electrons. The lowest BCUT2D eigenvalue weighted by Gasteiger charge is -2.34. The van der Waals surface area contributed by atoms with Crippen molar-refractivity contribution in [3.05, 3.63) is 22.6 Å². The molecular weight excluding hydrogens is 309 g/mol. The third-order valence-corrected chi connectivity index (χ3v) is 4.23. The van der Waals surface area contributed by atoms with Gasteiger partial charge in [0, 0.05) is 32.2 Å². The smallest absolute Gasteiger partial charge is 0.370 e. The molecule has 0 spiro atoms. The number of nitrogens with one attached hydrogen (secondary N) is 1. The number of anilines is 1. The minimum absolute atomic E-state index is 0.146. The molecule has 1 N–H and O–H groups in total. The second kappa shape index (κ2) is 7.33. The van der Waals surface area contributed by atoms with Gasteiger partial charge in [-0.3, -0.25) is 4.79 Å². The molecule has 8 heteroatoms. The highest BCUT2D eigenvalue weighted by molar-refractivity contribution is 5.43. The fourth-order valence-corrected chi connectivity index (χ4v) is 2.82. The molecule has 0 saturated carbocycles. The Labute approximate surface area is 133 Å². The monoisotopic (exact) mass is 332 g/mol. The molecule has 2 heterocycles. The summed E-state index contributed by atoms with van der Waals surface area (Å²) in [6.07, 6.45) is -1.47. The van der Waals surface area contributed by atoms with Crippen molar-refractivity contribution < 1.29 is 13.2 Å². The minimum atomic E-state index is -4.12. The summed E-state index contributed by atoms with van der Waals surface area (Å²) in [4.78, 5) is 13.7. The quantitative estimate of drug-likeness (QED) is 0.895. The van der Waals surface area contributed by atoms with Gasteiger partial charge >= 0.3 is 6.18 Å². The van der Waals surface area contributed by atoms with Crippen LogP contribution in [-0.2, 0) is 7.05 Å². The average molecular weight is 332 g/mol. The molecule has 0 bridgehead atoms. The van der Waals surface area contributed by atoms with Gasteiger partial charge in [0.05, 0.1) is 18.3 Å². The number of alkyl halides is 3. The van der Waals surface area contributed by atoms with Gasteiger partial charge in [0.25, 0.3) is 5.56 Å². The Hall–Kier alpha value is -1.57. The lowest BCUT2D eigenvalue weighted by molar-refractivity contribution is -0.139. The van der Waals surface area contributed by atoms with E-state index in [2.05, 4.69) is 15.3 Å². The molecule has 1 aliphatic heterocycles. The van der Waals surface area contributed by atoms with Crippen molar-refractivity contribution in [1.29, 1.82) is 0 Å². The fraction of sp³-hybridized carbons (Fsp3) is 0.733. The van der Waals surface area contributed by atoms with Crippen LogP contribution in [0.3, 0.4) is 0 Å². The molecule has 0 amide bonds. The lowest BCUT2D eigenvalue weighted by Crippen LogP contribution is -2.40. The molecular formula is C15H23F3N4O. The molecule has 23 heavy (non-hydrogen) atoms. The molecule has 1 aromatic rings. The number of rotatable bonds is 5. The predicted molar refractivity (Wildman–Crippen MR) is 82.6 cm³/mol. The van der Waals surface area contributed by atoms with E-state index in [4.69, 9.17) is 0 Å². The zero-order valence-electron chi connectivity index (χ0n) is 13.4. The molecule has 0 aromatic carbocycles. The van der Waals surface area contributed by atoms with Crippen LogP contribution in [0.2, 0.25) is 0 Å². The standard InChI is InChI=1S/C15H23F3N4O/c1-11(8-15(16,17)18)19-9-12-3-5-22(6-4-12)13-7-14(23)21(2)20-10-13/h7,10-12,19H,3-6,8-9H2,1-2H3/t11-/m1/s1. The highest BCUT2D eigenvalue weighted by Gasteiger charge is 2.30. The van der Waals surface area contributed by atoms with Crippen LogP contribution in [0, 0.1) is 5.92 Å². The topological polar surface area (TPSA) is 50.2 Å². The third kappa shape index (κ3) is 5.53. The van der Waals surface area contributed by atoms with E-state index in [9.17, 15) is 18.0 Å². The van der Waals surface area contributed by atoms with Crippen LogP contribution in [0.4, 0.5) is 18.9 Å². The van der Waals surface area contributed by atoms with Crippen LogP contribution >= 0.6 is 0 Å². The SMILES string of the molecule is C[C@H](CC(F)(F)F)NCC1CCN(c2cnn(C)c(=O)c2)CC1. The number of halogens is 3. The van der Waals surface area contributed by atoms with Gasteiger partial charge in [-0.2, -0.15) is 18.3 Å². The van der Waals surface area contributed by atoms with Gasteiger partial charge < -0.3 is 10.2 Å². The molecule has 2 rings (SSSR count). The van der Waals surface area contributed by atoms with E-state index >= 15 is 0 Å². The fourth-order valence-electron chi connectivity index (χ4n) is 2.82. The summed E-state index contributed by atoms with van der Waals surface area (Å²) in [5, 5.41) is 6.99. The van der Waals surface area contributed by atoms with Crippen molar-refractivity contribution in [3.63, 3.8) is 0 Å². The Balaban J connectivity index is 1.77. The van der Waals surface area contributed by atoms with E-state index in [1.54, 1.807) is 26.2 Å². The van der Waals surface area contributed by atoms with Crippen molar-refractivity contribution in [2.75, 3.05) is 24.5 Å². The number of aryl methyl sites for hydroxylation is 1. The maximum absolute atomic E-state index is 12.3. The van der Waals surface area contributed by atoms with E-state index in [0.29, 0.717) is 12.5 Å². The van der Waals surface area contributed by atoms with Gasteiger partial charge in [-0.1, -0.05) is 0 Å². The third-order valence-electron chi connectivity index (χ3n) is 4.23. The Bertz CT molecular complexity index is 565. The van der Waals surface area contributed by atoms with Crippen molar-refractivity contribution in [2.45, 2.75) is 38.4 Å². The summed E-state index contributed by atoms with van der Waals surface area (Å²) in [5.41, 5.74) is 0.664. The summed E-state index contributed by atoms with van der Waals surface area (Å²) in [6, 6.07) is 1.01. The number of nitrogens with zero attached hydrogens (tertiary/aromatic N) is 3. The first kappa shape index (κ1) is 17.8. The molecule has 5 nitrogen and oxygen atoms in total. The molecule has 1 fully saturated rings. The van der Waals surface area contributed by atoms with E-state index in [-0.39, 0.29) is 5.56 Å². The zero-order chi connectivity index (χ0) is 17.0. The summed E-state index contributed by atoms with van der Waals surface area (Å²) < 4.78 is 38.2. The van der Waals surface area contributed by atoms with Crippen molar-refractivity contribution >= 4 is 5.69 Å². The maximum Gasteiger partial charge on any atom is 0.390 e. The van der Waals surface area contributed by atoms with Crippen LogP contribution in [0.5, 0.6) is 0 Å². The predicted octanol–water partition coefficient (Wildman–Crippen LogP) is 1.93. The highest BCUT2D eigenvalue weighted by atomic mass is 19.4. The van der Waals surface area contributed by atoms with Gasteiger partial charge in [0.1, 0.15) is 0 Å². The second-order valence-corrected chi connectivity index (χ2v) is 6.23. The number of aromatic nitrogens is 2. The van der Waals surface area contributed by atoms with E-state index in [1.807, 2.05) is 0 Å². The van der Waals surface area contributed by atoms with E-state index < -0.39 is 18.6 Å². The Morgan fingerprint density at radius 2 is 2.04 bits per heavy atom. The summed E-state index contributed by atoms with van der Waals surface area (Å²) >= 11 is 0. The first-order valence-electron chi connectivity index (χ1n) is 7.83. The van der Waals surface area contributed by atoms with Crippen molar-refractivity contribution in [1.82, 2.24) is 15.1 Å². The molecule has 0 aliphatic carbocycles. The van der Waals surface area contributed by atoms with E-state index in [0.717, 1.165) is 31.6 Å². The highest BCUT2D eigenvalue weighted by Crippen LogP contribution is 2.23. The second-order valence-electron chi connectivity index (χ2n) is 6.23. The van der Waals surface area contributed by atoms with Gasteiger partial charge in [0.15, 0.2) is 0 Å². The van der Waals surface area contributed by atoms with Crippen LogP contribution in [0.15, 0.2) is 17.1 Å². The Morgan fingerprint density at radius 3 is 2.61 bits per heavy atom. The van der Waals surface area contributed by atoms with Gasteiger partial charge in [-0.25, -0.2) is 4.68 Å². The van der Waals surface area contributed by atoms with Gasteiger partial charge in [-0.05, 0) is 32.2 Å². The molecule has 0 unspecified atom stereocenters. The Morgan fingerprint density at radius 1 is 1.39 bits per heavy atom. The number of hydrogen-bond donors (Lipinski definition) is 1. The number of piperidine rings is 1. The van der Waals surface area contributed by atoms with Crippen LogP contribution in [0.1, 0.15) is 26.2 Å². The minimum Gasteiger partial charge on any atom is -0.370 e. The van der Waals surface area contributed by atoms with Crippen molar-refractivity contribution in [3.8, 4) is 0 Å². The first-order valence-corrected chi connectivity index (χ1v) is 7.83. The summed E-state index contributed by atoms with van der Waals surface area (Å²) in [7, 11) is 1.60. The molecule has 0 radical (unpaired) electrons. The summed E-state index contributed by atoms with van der Waals surface area (Å²) in [6.45, 7) is 3.73. The average Bonchev–Trinajstić information content (AvgIpc) is 2.47. The molecule has 1 aromatic heterocycles. The van der Waals surface area contributed by atoms with Crippen LogP contribution < -0.4 is 15.8 Å². The normalized spacial score (nSPS) is 18.2. The first-order chi connectivity index (χ1) is 10.7. The molecule has 1 atom stereocenters. The van der Waals surface area contributed by atoms with Crippen molar-refractivity contribution in [2.24, 2.45) is 13.0 Å². The largest absolute Gasteiger partial charge is 0.390 e. The van der Waals surface area contributed by atoms with Crippen LogP contribution in [0.25, 0.3) is 0 Å². The van der Waals surface area contributed by atoms with Gasteiger partial charge in [0.2, 0.25) is 0 Å². The molecule has 1 aliphatic rings. The lowest BCUT2D eigenvalue weighted by atomic mass is 9.96. The number of hydrogen-bond acceptors (Lipinski definition) is 4. The zero-order valence-corrected chi connectivity index (χ0v) is 13.4. The summed E-state index contributed by atoms with van der Waals surface area (Å²) in [5.74, 6) is 0.362. The van der Waals surface area contributed by atoms with E-state index in [1.165, 1.54) is 4.68 Å². The van der Waals surface area contributed by atoms with Gasteiger partial charge in [-0.15, -0.1) is 0 Å². The van der Waals surface area contributed by atoms with Crippen LogP contribution in [-0.4, -0.2) is 41.6 Å².